The number of hydrogen-bond donors (Lipinski definition) is 3. The lowest BCUT2D eigenvalue weighted by Crippen LogP contribution is -2.46. The van der Waals surface area contributed by atoms with Gasteiger partial charge in [-0.1, -0.05) is 0 Å². The van der Waals surface area contributed by atoms with Crippen molar-refractivity contribution in [3.8, 4) is 0 Å². The van der Waals surface area contributed by atoms with Gasteiger partial charge in [-0.25, -0.2) is 0 Å². The van der Waals surface area contributed by atoms with Crippen LogP contribution in [0.5, 0.6) is 0 Å². The molecule has 0 fully saturated rings. The Morgan fingerprint density at radius 1 is 1.21 bits per heavy atom. The maximum Gasteiger partial charge on any atom is 0.311 e. The van der Waals surface area contributed by atoms with Crippen molar-refractivity contribution in [2.75, 3.05) is 13.1 Å². The Labute approximate surface area is 82.3 Å². The van der Waals surface area contributed by atoms with Crippen LogP contribution in [0.2, 0.25) is 0 Å². The van der Waals surface area contributed by atoms with Gasteiger partial charge in [-0.2, -0.15) is 0 Å². The Balaban J connectivity index is 4.38. The summed E-state index contributed by atoms with van der Waals surface area (Å²) >= 11 is 0. The Morgan fingerprint density at radius 2 is 1.57 bits per heavy atom. The highest BCUT2D eigenvalue weighted by atomic mass is 16.3. The third-order valence-corrected chi connectivity index (χ3v) is 1.47. The molecule has 2 unspecified atom stereocenters. The minimum absolute atomic E-state index is 0.0212. The molecule has 0 heterocycles. The van der Waals surface area contributed by atoms with Gasteiger partial charge in [0.05, 0.1) is 12.2 Å². The first kappa shape index (κ1) is 12.9. The normalized spacial score (nSPS) is 14.6. The molecule has 82 valence electrons. The van der Waals surface area contributed by atoms with Crippen LogP contribution in [-0.4, -0.2) is 52.2 Å². The summed E-state index contributed by atoms with van der Waals surface area (Å²) in [6.45, 7) is 2.91. The van der Waals surface area contributed by atoms with Crippen LogP contribution in [0.3, 0.4) is 0 Å². The lowest BCUT2D eigenvalue weighted by molar-refractivity contribution is -0.145. The van der Waals surface area contributed by atoms with E-state index in [4.69, 9.17) is 15.9 Å². The molecule has 0 radical (unpaired) electrons. The second-order valence-corrected chi connectivity index (χ2v) is 3.27. The SMILES string of the molecule is CC(O)CN(CC(C)O)C(=O)C(N)=O. The number of primary amides is 1. The average molecular weight is 204 g/mol. The van der Waals surface area contributed by atoms with Gasteiger partial charge in [0.1, 0.15) is 0 Å². The van der Waals surface area contributed by atoms with Gasteiger partial charge < -0.3 is 20.8 Å². The first-order valence-corrected chi connectivity index (χ1v) is 4.29. The number of aliphatic hydroxyl groups excluding tert-OH is 2. The number of aliphatic hydroxyl groups is 2. The van der Waals surface area contributed by atoms with Crippen molar-refractivity contribution >= 4 is 11.8 Å². The molecule has 0 rings (SSSR count). The first-order valence-electron chi connectivity index (χ1n) is 4.29. The number of hydrogen-bond acceptors (Lipinski definition) is 4. The van der Waals surface area contributed by atoms with E-state index in [0.717, 1.165) is 4.90 Å². The van der Waals surface area contributed by atoms with Gasteiger partial charge in [0.2, 0.25) is 0 Å². The fourth-order valence-corrected chi connectivity index (χ4v) is 1.03. The maximum absolute atomic E-state index is 11.1. The quantitative estimate of drug-likeness (QED) is 0.463. The van der Waals surface area contributed by atoms with Crippen molar-refractivity contribution in [1.29, 1.82) is 0 Å². The van der Waals surface area contributed by atoms with Crippen LogP contribution in [0.1, 0.15) is 13.8 Å². The first-order chi connectivity index (χ1) is 6.34. The van der Waals surface area contributed by atoms with E-state index in [0.29, 0.717) is 0 Å². The topological polar surface area (TPSA) is 104 Å². The molecule has 0 aliphatic rings. The zero-order chi connectivity index (χ0) is 11.3. The molecule has 0 aromatic heterocycles. The smallest absolute Gasteiger partial charge is 0.311 e. The van der Waals surface area contributed by atoms with E-state index in [1.165, 1.54) is 13.8 Å². The summed E-state index contributed by atoms with van der Waals surface area (Å²) in [6, 6.07) is 0. The molecule has 6 heteroatoms. The molecule has 0 saturated carbocycles. The van der Waals surface area contributed by atoms with Crippen LogP contribution in [-0.2, 0) is 9.59 Å². The number of carbonyl (C=O) groups is 2. The van der Waals surface area contributed by atoms with Crippen LogP contribution in [0.15, 0.2) is 0 Å². The maximum atomic E-state index is 11.1. The van der Waals surface area contributed by atoms with Gasteiger partial charge >= 0.3 is 11.8 Å². The molecule has 6 nitrogen and oxygen atoms in total. The number of amides is 2. The minimum Gasteiger partial charge on any atom is -0.392 e. The molecule has 0 aliphatic carbocycles. The standard InChI is InChI=1S/C8H16N2O4/c1-5(11)3-10(4-6(2)12)8(14)7(9)13/h5-6,11-12H,3-4H2,1-2H3,(H2,9,13). The Hall–Kier alpha value is -1.14. The molecule has 0 aliphatic heterocycles. The molecule has 14 heavy (non-hydrogen) atoms. The fraction of sp³-hybridized carbons (Fsp3) is 0.750. The Kier molecular flexibility index (Phi) is 5.11. The summed E-state index contributed by atoms with van der Waals surface area (Å²) in [6.07, 6.45) is -1.53. The van der Waals surface area contributed by atoms with E-state index in [-0.39, 0.29) is 13.1 Å². The molecule has 0 spiro atoms. The highest BCUT2D eigenvalue weighted by molar-refractivity contribution is 6.34. The molecule has 0 saturated heterocycles. The highest BCUT2D eigenvalue weighted by Crippen LogP contribution is 1.96. The molecule has 0 bridgehead atoms. The van der Waals surface area contributed by atoms with Gasteiger partial charge in [-0.15, -0.1) is 0 Å². The third-order valence-electron chi connectivity index (χ3n) is 1.47. The summed E-state index contributed by atoms with van der Waals surface area (Å²) in [7, 11) is 0. The van der Waals surface area contributed by atoms with Gasteiger partial charge in [-0.05, 0) is 13.8 Å². The van der Waals surface area contributed by atoms with E-state index >= 15 is 0 Å². The van der Waals surface area contributed by atoms with E-state index < -0.39 is 24.0 Å². The summed E-state index contributed by atoms with van der Waals surface area (Å²) < 4.78 is 0. The van der Waals surface area contributed by atoms with Crippen molar-refractivity contribution in [1.82, 2.24) is 4.90 Å². The Bertz CT molecular complexity index is 205. The van der Waals surface area contributed by atoms with Gasteiger partial charge in [0, 0.05) is 13.1 Å². The van der Waals surface area contributed by atoms with Crippen LogP contribution < -0.4 is 5.73 Å². The number of carbonyl (C=O) groups excluding carboxylic acids is 2. The predicted octanol–water partition coefficient (Wildman–Crippen LogP) is -1.94. The van der Waals surface area contributed by atoms with E-state index in [2.05, 4.69) is 0 Å². The van der Waals surface area contributed by atoms with E-state index in [9.17, 15) is 9.59 Å². The van der Waals surface area contributed by atoms with Crippen LogP contribution in [0, 0.1) is 0 Å². The van der Waals surface area contributed by atoms with Gasteiger partial charge in [0.15, 0.2) is 0 Å². The van der Waals surface area contributed by atoms with Crippen LogP contribution in [0.4, 0.5) is 0 Å². The van der Waals surface area contributed by atoms with E-state index in [1.807, 2.05) is 0 Å². The minimum atomic E-state index is -1.09. The summed E-state index contributed by atoms with van der Waals surface area (Å²) in [4.78, 5) is 22.7. The average Bonchev–Trinajstić information content (AvgIpc) is 1.99. The summed E-state index contributed by atoms with van der Waals surface area (Å²) in [5, 5.41) is 18.1. The van der Waals surface area contributed by atoms with Crippen molar-refractivity contribution in [2.24, 2.45) is 5.73 Å². The Morgan fingerprint density at radius 3 is 1.79 bits per heavy atom. The number of nitrogens with two attached hydrogens (primary N) is 1. The van der Waals surface area contributed by atoms with Gasteiger partial charge in [0.25, 0.3) is 0 Å². The third kappa shape index (κ3) is 4.78. The van der Waals surface area contributed by atoms with Crippen molar-refractivity contribution in [3.63, 3.8) is 0 Å². The lowest BCUT2D eigenvalue weighted by atomic mass is 10.3. The predicted molar refractivity (Wildman–Crippen MR) is 49.1 cm³/mol. The molecule has 0 aromatic rings. The zero-order valence-corrected chi connectivity index (χ0v) is 8.30. The van der Waals surface area contributed by atoms with Crippen molar-refractivity contribution in [2.45, 2.75) is 26.1 Å². The molecule has 2 amide bonds. The second-order valence-electron chi connectivity index (χ2n) is 3.27. The molecular formula is C8H16N2O4. The monoisotopic (exact) mass is 204 g/mol. The van der Waals surface area contributed by atoms with Crippen molar-refractivity contribution < 1.29 is 19.8 Å². The fourth-order valence-electron chi connectivity index (χ4n) is 1.03. The lowest BCUT2D eigenvalue weighted by Gasteiger charge is -2.23. The van der Waals surface area contributed by atoms with E-state index in [1.54, 1.807) is 0 Å². The number of rotatable bonds is 4. The molecule has 4 N–H and O–H groups in total. The molecular weight excluding hydrogens is 188 g/mol. The number of nitrogens with zero attached hydrogens (tertiary/aromatic N) is 1. The summed E-state index contributed by atoms with van der Waals surface area (Å²) in [5.41, 5.74) is 4.79. The molecule has 2 atom stereocenters. The van der Waals surface area contributed by atoms with Crippen LogP contribution >= 0.6 is 0 Å². The van der Waals surface area contributed by atoms with Crippen molar-refractivity contribution in [3.05, 3.63) is 0 Å². The summed E-state index contributed by atoms with van der Waals surface area (Å²) in [5.74, 6) is -1.99. The second kappa shape index (κ2) is 5.56. The van der Waals surface area contributed by atoms with Crippen LogP contribution in [0.25, 0.3) is 0 Å². The zero-order valence-electron chi connectivity index (χ0n) is 8.30. The van der Waals surface area contributed by atoms with Gasteiger partial charge in [-0.3, -0.25) is 9.59 Å². The largest absolute Gasteiger partial charge is 0.392 e. The molecule has 0 aromatic carbocycles. The highest BCUT2D eigenvalue weighted by Gasteiger charge is 2.21.